The van der Waals surface area contributed by atoms with Gasteiger partial charge in [0.05, 0.1) is 6.61 Å². The lowest BCUT2D eigenvalue weighted by molar-refractivity contribution is 0.101. The second-order valence-electron chi connectivity index (χ2n) is 4.59. The molecule has 1 aromatic rings. The Bertz CT molecular complexity index is 448. The lowest BCUT2D eigenvalue weighted by Crippen LogP contribution is -2.29. The van der Waals surface area contributed by atoms with Crippen LogP contribution in [0.3, 0.4) is 0 Å². The van der Waals surface area contributed by atoms with Gasteiger partial charge in [-0.1, -0.05) is 6.08 Å². The highest BCUT2D eigenvalue weighted by Gasteiger charge is 2.12. The number of benzene rings is 1. The van der Waals surface area contributed by atoms with Gasteiger partial charge in [-0.25, -0.2) is 0 Å². The number of methoxy groups -OCH3 is 1. The summed E-state index contributed by atoms with van der Waals surface area (Å²) in [7, 11) is 1.73. The number of carbonyl (C=O) groups excluding carboxylic acids is 1. The molecule has 0 bridgehead atoms. The van der Waals surface area contributed by atoms with E-state index < -0.39 is 0 Å². The number of hydrogen-bond donors (Lipinski definition) is 0. The third-order valence-corrected chi connectivity index (χ3v) is 3.27. The molecule has 0 aromatic heterocycles. The minimum atomic E-state index is 0.113. The van der Waals surface area contributed by atoms with E-state index in [1.807, 2.05) is 24.3 Å². The van der Waals surface area contributed by atoms with Gasteiger partial charge in [0.15, 0.2) is 5.78 Å². The number of anilines is 1. The Balaban J connectivity index is 2.03. The summed E-state index contributed by atoms with van der Waals surface area (Å²) in [5, 5.41) is 0. The van der Waals surface area contributed by atoms with Crippen LogP contribution in [0.1, 0.15) is 23.7 Å². The van der Waals surface area contributed by atoms with Crippen molar-refractivity contribution >= 4 is 11.5 Å². The van der Waals surface area contributed by atoms with Crippen LogP contribution < -0.4 is 4.90 Å². The molecule has 96 valence electrons. The number of ether oxygens (including phenoxy) is 1. The normalized spacial score (nSPS) is 15.4. The van der Waals surface area contributed by atoms with Gasteiger partial charge in [-0.15, -0.1) is 0 Å². The van der Waals surface area contributed by atoms with E-state index in [2.05, 4.69) is 11.0 Å². The molecule has 0 spiro atoms. The number of carbonyl (C=O) groups is 1. The molecule has 0 aliphatic carbocycles. The summed E-state index contributed by atoms with van der Waals surface area (Å²) in [4.78, 5) is 13.5. The van der Waals surface area contributed by atoms with Crippen molar-refractivity contribution in [1.82, 2.24) is 0 Å². The molecule has 0 unspecified atom stereocenters. The van der Waals surface area contributed by atoms with Gasteiger partial charge in [0.2, 0.25) is 0 Å². The Hall–Kier alpha value is -1.61. The Morgan fingerprint density at radius 2 is 2.06 bits per heavy atom. The van der Waals surface area contributed by atoms with E-state index in [-0.39, 0.29) is 5.78 Å². The summed E-state index contributed by atoms with van der Waals surface area (Å²) >= 11 is 0. The second kappa shape index (κ2) is 5.83. The van der Waals surface area contributed by atoms with Crippen molar-refractivity contribution in [3.63, 3.8) is 0 Å². The first-order valence-electron chi connectivity index (χ1n) is 6.23. The highest BCUT2D eigenvalue weighted by Crippen LogP contribution is 2.20. The first-order chi connectivity index (χ1) is 8.70. The van der Waals surface area contributed by atoms with Crippen molar-refractivity contribution in [3.8, 4) is 0 Å². The largest absolute Gasteiger partial charge is 0.380 e. The van der Waals surface area contributed by atoms with Gasteiger partial charge in [0.25, 0.3) is 0 Å². The fourth-order valence-electron chi connectivity index (χ4n) is 2.17. The molecule has 0 atom stereocenters. The molecule has 0 radical (unpaired) electrons. The van der Waals surface area contributed by atoms with Crippen LogP contribution in [0.5, 0.6) is 0 Å². The summed E-state index contributed by atoms with van der Waals surface area (Å²) in [6.45, 7) is 4.25. The van der Waals surface area contributed by atoms with Crippen LogP contribution in [-0.2, 0) is 4.74 Å². The third kappa shape index (κ3) is 2.99. The van der Waals surface area contributed by atoms with Crippen LogP contribution in [0.4, 0.5) is 5.69 Å². The number of rotatable bonds is 4. The Labute approximate surface area is 108 Å². The number of hydrogen-bond acceptors (Lipinski definition) is 3. The van der Waals surface area contributed by atoms with Gasteiger partial charge >= 0.3 is 0 Å². The Morgan fingerprint density at radius 1 is 1.33 bits per heavy atom. The fourth-order valence-corrected chi connectivity index (χ4v) is 2.17. The lowest BCUT2D eigenvalue weighted by atomic mass is 10.1. The minimum absolute atomic E-state index is 0.113. The molecule has 18 heavy (non-hydrogen) atoms. The van der Waals surface area contributed by atoms with Crippen LogP contribution in [-0.4, -0.2) is 32.6 Å². The zero-order valence-electron chi connectivity index (χ0n) is 11.0. The summed E-state index contributed by atoms with van der Waals surface area (Å²) in [6, 6.07) is 7.83. The maximum absolute atomic E-state index is 11.2. The van der Waals surface area contributed by atoms with Crippen LogP contribution in [0.2, 0.25) is 0 Å². The van der Waals surface area contributed by atoms with Crippen LogP contribution in [0, 0.1) is 0 Å². The molecule has 0 amide bonds. The van der Waals surface area contributed by atoms with Crippen molar-refractivity contribution in [2.75, 3.05) is 31.7 Å². The summed E-state index contributed by atoms with van der Waals surface area (Å²) in [5.41, 5.74) is 3.31. The van der Waals surface area contributed by atoms with Crippen molar-refractivity contribution in [1.29, 1.82) is 0 Å². The Kier molecular flexibility index (Phi) is 4.15. The molecule has 0 N–H and O–H groups in total. The average molecular weight is 245 g/mol. The lowest BCUT2D eigenvalue weighted by Gasteiger charge is -2.28. The first-order valence-corrected chi connectivity index (χ1v) is 6.23. The maximum atomic E-state index is 11.2. The summed E-state index contributed by atoms with van der Waals surface area (Å²) in [5.74, 6) is 0.113. The molecule has 0 saturated carbocycles. The molecule has 0 saturated heterocycles. The van der Waals surface area contributed by atoms with Crippen molar-refractivity contribution < 1.29 is 9.53 Å². The summed E-state index contributed by atoms with van der Waals surface area (Å²) in [6.07, 6.45) is 3.27. The molecule has 1 aliphatic heterocycles. The number of Topliss-reactive ketones (excluding diaryl/α,β-unsaturated/α-hetero) is 1. The van der Waals surface area contributed by atoms with Gasteiger partial charge in [-0.3, -0.25) is 4.79 Å². The molecule has 0 fully saturated rings. The van der Waals surface area contributed by atoms with E-state index in [4.69, 9.17) is 4.74 Å². The molecular formula is C15H19NO2. The molecule has 1 aliphatic rings. The Morgan fingerprint density at radius 3 is 2.56 bits per heavy atom. The van der Waals surface area contributed by atoms with Gasteiger partial charge in [-0.05, 0) is 43.2 Å². The zero-order chi connectivity index (χ0) is 13.0. The monoisotopic (exact) mass is 245 g/mol. The fraction of sp³-hybridized carbons (Fsp3) is 0.400. The molecule has 1 heterocycles. The smallest absolute Gasteiger partial charge is 0.159 e. The zero-order valence-corrected chi connectivity index (χ0v) is 11.0. The third-order valence-electron chi connectivity index (χ3n) is 3.27. The second-order valence-corrected chi connectivity index (χ2v) is 4.59. The van der Waals surface area contributed by atoms with Gasteiger partial charge < -0.3 is 9.64 Å². The van der Waals surface area contributed by atoms with Gasteiger partial charge in [-0.2, -0.15) is 0 Å². The molecule has 2 rings (SSSR count). The van der Waals surface area contributed by atoms with Crippen LogP contribution >= 0.6 is 0 Å². The van der Waals surface area contributed by atoms with Gasteiger partial charge in [0, 0.05) is 31.5 Å². The molecular weight excluding hydrogens is 226 g/mol. The predicted octanol–water partition coefficient (Wildman–Crippen LogP) is 2.67. The average Bonchev–Trinajstić information content (AvgIpc) is 2.40. The van der Waals surface area contributed by atoms with Crippen molar-refractivity contribution in [3.05, 3.63) is 41.5 Å². The van der Waals surface area contributed by atoms with Crippen molar-refractivity contribution in [2.24, 2.45) is 0 Å². The highest BCUT2D eigenvalue weighted by atomic mass is 16.5. The molecule has 3 heteroatoms. The van der Waals surface area contributed by atoms with E-state index in [1.165, 1.54) is 11.3 Å². The quantitative estimate of drug-likeness (QED) is 0.603. The van der Waals surface area contributed by atoms with Crippen molar-refractivity contribution in [2.45, 2.75) is 13.3 Å². The molecule has 1 aromatic carbocycles. The highest BCUT2D eigenvalue weighted by molar-refractivity contribution is 5.94. The van der Waals surface area contributed by atoms with E-state index in [0.717, 1.165) is 31.7 Å². The summed E-state index contributed by atoms with van der Waals surface area (Å²) < 4.78 is 5.14. The van der Waals surface area contributed by atoms with E-state index >= 15 is 0 Å². The van der Waals surface area contributed by atoms with Crippen LogP contribution in [0.15, 0.2) is 35.9 Å². The standard InChI is InChI=1S/C15H19NO2/c1-12(17)14-3-5-15(6-4-14)16-9-7-13(8-10-16)11-18-2/h3-7H,8-11H2,1-2H3. The SMILES string of the molecule is COCC1=CCN(c2ccc(C(C)=O)cc2)CC1. The van der Waals surface area contributed by atoms with Crippen LogP contribution in [0.25, 0.3) is 0 Å². The van der Waals surface area contributed by atoms with E-state index in [0.29, 0.717) is 0 Å². The topological polar surface area (TPSA) is 29.5 Å². The molecule has 3 nitrogen and oxygen atoms in total. The predicted molar refractivity (Wildman–Crippen MR) is 73.2 cm³/mol. The number of ketones is 1. The van der Waals surface area contributed by atoms with E-state index in [9.17, 15) is 4.79 Å². The first kappa shape index (κ1) is 12.8. The maximum Gasteiger partial charge on any atom is 0.159 e. The van der Waals surface area contributed by atoms with Gasteiger partial charge in [0.1, 0.15) is 0 Å². The van der Waals surface area contributed by atoms with E-state index in [1.54, 1.807) is 14.0 Å². The number of nitrogens with zero attached hydrogens (tertiary/aromatic N) is 1. The minimum Gasteiger partial charge on any atom is -0.380 e.